The van der Waals surface area contributed by atoms with Gasteiger partial charge in [0.2, 0.25) is 5.91 Å². The molecule has 2 atom stereocenters. The summed E-state index contributed by atoms with van der Waals surface area (Å²) < 4.78 is 1.71. The van der Waals surface area contributed by atoms with Crippen molar-refractivity contribution < 1.29 is 9.59 Å². The number of anilines is 1. The van der Waals surface area contributed by atoms with Crippen LogP contribution in [0.2, 0.25) is 0 Å². The van der Waals surface area contributed by atoms with Gasteiger partial charge in [0.05, 0.1) is 36.5 Å². The molecule has 1 aliphatic heterocycles. The summed E-state index contributed by atoms with van der Waals surface area (Å²) in [6.45, 7) is 0.840. The molecule has 10 nitrogen and oxygen atoms in total. The van der Waals surface area contributed by atoms with E-state index >= 15 is 0 Å². The molecule has 3 rings (SSSR count). The number of carbonyl (C=O) groups excluding carboxylic acids is 2. The van der Waals surface area contributed by atoms with Crippen molar-refractivity contribution in [2.24, 2.45) is 0 Å². The smallest absolute Gasteiger partial charge is 0.319 e. The van der Waals surface area contributed by atoms with Gasteiger partial charge in [0.1, 0.15) is 5.69 Å². The minimum absolute atomic E-state index is 0.0381. The molecule has 27 heavy (non-hydrogen) atoms. The van der Waals surface area contributed by atoms with E-state index < -0.39 is 6.03 Å². The van der Waals surface area contributed by atoms with Crippen molar-refractivity contribution in [1.82, 2.24) is 30.9 Å². The molecule has 10 heteroatoms. The molecule has 4 N–H and O–H groups in total. The van der Waals surface area contributed by atoms with E-state index in [4.69, 9.17) is 5.26 Å². The van der Waals surface area contributed by atoms with E-state index in [0.29, 0.717) is 29.9 Å². The van der Waals surface area contributed by atoms with Gasteiger partial charge in [-0.3, -0.25) is 4.79 Å². The first kappa shape index (κ1) is 18.3. The summed E-state index contributed by atoms with van der Waals surface area (Å²) in [6, 6.07) is 8.07. The van der Waals surface area contributed by atoms with Crippen LogP contribution in [0.5, 0.6) is 0 Å². The standard InChI is InChI=1S/C17H20N8O2/c1-19-16(26)15-6-14(9-20-15)25-10-13(23-24-25)8-21-17(27)22-12-4-2-3-11(5-12)7-18/h2-5,10,14-15,20H,6,8-9H2,1H3,(H,19,26)(H2,21,22,27)/t14-,15+/m1/s1. The first-order chi connectivity index (χ1) is 13.1. The zero-order valence-electron chi connectivity index (χ0n) is 14.8. The number of urea groups is 1. The Hall–Kier alpha value is -3.45. The summed E-state index contributed by atoms with van der Waals surface area (Å²) in [4.78, 5) is 23.7. The fourth-order valence-corrected chi connectivity index (χ4v) is 2.88. The van der Waals surface area contributed by atoms with Crippen molar-refractivity contribution in [3.63, 3.8) is 0 Å². The molecule has 0 unspecified atom stereocenters. The number of carbonyl (C=O) groups is 2. The SMILES string of the molecule is CNC(=O)[C@@H]1C[C@@H](n2cc(CNC(=O)Nc3cccc(C#N)c3)nn2)CN1. The van der Waals surface area contributed by atoms with Crippen LogP contribution in [0, 0.1) is 11.3 Å². The number of amides is 3. The number of nitriles is 1. The van der Waals surface area contributed by atoms with Crippen LogP contribution in [0.4, 0.5) is 10.5 Å². The Bertz CT molecular complexity index is 872. The van der Waals surface area contributed by atoms with Crippen LogP contribution >= 0.6 is 0 Å². The molecular weight excluding hydrogens is 348 g/mol. The average Bonchev–Trinajstić information content (AvgIpc) is 3.35. The lowest BCUT2D eigenvalue weighted by Gasteiger charge is -2.09. The normalized spacial score (nSPS) is 18.5. The van der Waals surface area contributed by atoms with Crippen molar-refractivity contribution in [3.8, 4) is 6.07 Å². The zero-order valence-corrected chi connectivity index (χ0v) is 14.8. The highest BCUT2D eigenvalue weighted by Crippen LogP contribution is 2.19. The van der Waals surface area contributed by atoms with Gasteiger partial charge in [-0.2, -0.15) is 5.26 Å². The predicted molar refractivity (Wildman–Crippen MR) is 96.5 cm³/mol. The molecule has 0 saturated carbocycles. The second-order valence-corrected chi connectivity index (χ2v) is 6.15. The lowest BCUT2D eigenvalue weighted by atomic mass is 10.1. The number of hydrogen-bond donors (Lipinski definition) is 4. The maximum Gasteiger partial charge on any atom is 0.319 e. The summed E-state index contributed by atoms with van der Waals surface area (Å²) in [5, 5.41) is 28.2. The zero-order chi connectivity index (χ0) is 19.2. The molecule has 2 aromatic rings. The number of hydrogen-bond acceptors (Lipinski definition) is 6. The highest BCUT2D eigenvalue weighted by atomic mass is 16.2. The molecule has 3 amide bonds. The van der Waals surface area contributed by atoms with Crippen LogP contribution in [0.15, 0.2) is 30.5 Å². The minimum atomic E-state index is -0.401. The summed E-state index contributed by atoms with van der Waals surface area (Å²) in [6.07, 6.45) is 2.39. The Balaban J connectivity index is 1.50. The lowest BCUT2D eigenvalue weighted by Crippen LogP contribution is -2.38. The Labute approximate surface area is 155 Å². The molecule has 0 radical (unpaired) electrons. The lowest BCUT2D eigenvalue weighted by molar-refractivity contribution is -0.122. The van der Waals surface area contributed by atoms with Crippen LogP contribution in [0.3, 0.4) is 0 Å². The van der Waals surface area contributed by atoms with E-state index in [-0.39, 0.29) is 24.5 Å². The molecule has 1 aromatic carbocycles. The Morgan fingerprint density at radius 3 is 3.07 bits per heavy atom. The van der Waals surface area contributed by atoms with Gasteiger partial charge in [-0.1, -0.05) is 11.3 Å². The monoisotopic (exact) mass is 368 g/mol. The van der Waals surface area contributed by atoms with Gasteiger partial charge < -0.3 is 21.3 Å². The van der Waals surface area contributed by atoms with E-state index in [0.717, 1.165) is 0 Å². The highest BCUT2D eigenvalue weighted by molar-refractivity contribution is 5.89. The molecule has 0 aliphatic carbocycles. The summed E-state index contributed by atoms with van der Waals surface area (Å²) >= 11 is 0. The van der Waals surface area contributed by atoms with Gasteiger partial charge in [0, 0.05) is 19.3 Å². The van der Waals surface area contributed by atoms with Crippen LogP contribution in [-0.4, -0.2) is 46.6 Å². The number of nitrogens with zero attached hydrogens (tertiary/aromatic N) is 4. The maximum atomic E-state index is 12.0. The van der Waals surface area contributed by atoms with E-state index in [1.54, 1.807) is 42.2 Å². The van der Waals surface area contributed by atoms with Crippen molar-refractivity contribution in [2.75, 3.05) is 18.9 Å². The molecule has 1 aliphatic rings. The first-order valence-electron chi connectivity index (χ1n) is 8.49. The fraction of sp³-hybridized carbons (Fsp3) is 0.353. The predicted octanol–water partition coefficient (Wildman–Crippen LogP) is 0.120. The molecule has 1 aromatic heterocycles. The summed E-state index contributed by atoms with van der Waals surface area (Å²) in [7, 11) is 1.61. The second-order valence-electron chi connectivity index (χ2n) is 6.15. The number of rotatable bonds is 5. The van der Waals surface area contributed by atoms with Gasteiger partial charge in [-0.15, -0.1) is 5.10 Å². The summed E-state index contributed by atoms with van der Waals surface area (Å²) in [5.74, 6) is -0.0448. The van der Waals surface area contributed by atoms with Gasteiger partial charge in [0.15, 0.2) is 0 Å². The fourth-order valence-electron chi connectivity index (χ4n) is 2.88. The van der Waals surface area contributed by atoms with Gasteiger partial charge >= 0.3 is 6.03 Å². The van der Waals surface area contributed by atoms with Crippen LogP contribution < -0.4 is 21.3 Å². The topological polar surface area (TPSA) is 137 Å². The third-order valence-electron chi connectivity index (χ3n) is 4.28. The quantitative estimate of drug-likeness (QED) is 0.592. The van der Waals surface area contributed by atoms with Crippen LogP contribution in [0.25, 0.3) is 0 Å². The Kier molecular flexibility index (Phi) is 5.63. The molecular formula is C17H20N8O2. The van der Waals surface area contributed by atoms with Crippen LogP contribution in [-0.2, 0) is 11.3 Å². The first-order valence-corrected chi connectivity index (χ1v) is 8.49. The van der Waals surface area contributed by atoms with E-state index in [2.05, 4.69) is 31.6 Å². The molecule has 140 valence electrons. The van der Waals surface area contributed by atoms with E-state index in [1.165, 1.54) is 0 Å². The number of nitrogens with one attached hydrogen (secondary N) is 4. The van der Waals surface area contributed by atoms with Crippen molar-refractivity contribution >= 4 is 17.6 Å². The maximum absolute atomic E-state index is 12.0. The van der Waals surface area contributed by atoms with Gasteiger partial charge in [-0.05, 0) is 24.6 Å². The highest BCUT2D eigenvalue weighted by Gasteiger charge is 2.30. The van der Waals surface area contributed by atoms with Gasteiger partial charge in [0.25, 0.3) is 0 Å². The van der Waals surface area contributed by atoms with E-state index in [9.17, 15) is 9.59 Å². The van der Waals surface area contributed by atoms with Crippen molar-refractivity contribution in [3.05, 3.63) is 41.7 Å². The van der Waals surface area contributed by atoms with Crippen LogP contribution in [0.1, 0.15) is 23.7 Å². The van der Waals surface area contributed by atoms with Gasteiger partial charge in [-0.25, -0.2) is 9.48 Å². The number of likely N-dealkylation sites (N-methyl/N-ethyl adjacent to an activating group) is 1. The summed E-state index contributed by atoms with van der Waals surface area (Å²) in [5.41, 5.74) is 1.61. The van der Waals surface area contributed by atoms with Crippen molar-refractivity contribution in [1.29, 1.82) is 5.26 Å². The molecule has 1 saturated heterocycles. The molecule has 0 bridgehead atoms. The number of benzene rings is 1. The third-order valence-corrected chi connectivity index (χ3v) is 4.28. The third kappa shape index (κ3) is 4.59. The van der Waals surface area contributed by atoms with Crippen molar-refractivity contribution in [2.45, 2.75) is 25.0 Å². The molecule has 2 heterocycles. The van der Waals surface area contributed by atoms with E-state index in [1.807, 2.05) is 6.07 Å². The largest absolute Gasteiger partial charge is 0.358 e. The average molecular weight is 368 g/mol. The second kappa shape index (κ2) is 8.29. The minimum Gasteiger partial charge on any atom is -0.358 e. The Morgan fingerprint density at radius 2 is 2.30 bits per heavy atom. The molecule has 1 fully saturated rings. The molecule has 0 spiro atoms. The Morgan fingerprint density at radius 1 is 1.44 bits per heavy atom. The number of aromatic nitrogens is 3.